The van der Waals surface area contributed by atoms with Crippen LogP contribution in [0.15, 0.2) is 36.7 Å². The van der Waals surface area contributed by atoms with Crippen molar-refractivity contribution < 1.29 is 4.79 Å². The topological polar surface area (TPSA) is 83.9 Å². The summed E-state index contributed by atoms with van der Waals surface area (Å²) in [6, 6.07) is 6.88. The highest BCUT2D eigenvalue weighted by Gasteiger charge is 2.24. The van der Waals surface area contributed by atoms with E-state index in [1.165, 1.54) is 0 Å². The number of carbonyl (C=O) groups excluding carboxylic acids is 1. The Bertz CT molecular complexity index is 1120. The van der Waals surface area contributed by atoms with E-state index in [9.17, 15) is 4.79 Å². The highest BCUT2D eigenvalue weighted by Crippen LogP contribution is 2.26. The molecule has 1 aromatic carbocycles. The Labute approximate surface area is 190 Å². The quantitative estimate of drug-likeness (QED) is 0.632. The van der Waals surface area contributed by atoms with Gasteiger partial charge in [-0.3, -0.25) is 0 Å². The van der Waals surface area contributed by atoms with Crippen LogP contribution in [0.5, 0.6) is 0 Å². The predicted molar refractivity (Wildman–Crippen MR) is 119 cm³/mol. The Hall–Kier alpha value is -2.77. The number of carbonyl (C=O) groups is 1. The van der Waals surface area contributed by atoms with Crippen LogP contribution in [0.3, 0.4) is 0 Å². The van der Waals surface area contributed by atoms with Crippen molar-refractivity contribution in [2.75, 3.05) is 6.54 Å². The molecule has 9 heteroatoms. The van der Waals surface area contributed by atoms with Gasteiger partial charge in [-0.25, -0.2) is 24.7 Å². The molecule has 3 heterocycles. The second kappa shape index (κ2) is 9.16. The second-order valence-corrected chi connectivity index (χ2v) is 8.36. The van der Waals surface area contributed by atoms with E-state index in [4.69, 9.17) is 28.2 Å². The molecular weight excluding hydrogens is 435 g/mol. The first kappa shape index (κ1) is 21.5. The number of nitrogens with zero attached hydrogens (tertiary/aromatic N) is 5. The summed E-state index contributed by atoms with van der Waals surface area (Å²) in [5, 5.41) is 3.99. The van der Waals surface area contributed by atoms with Crippen molar-refractivity contribution in [2.45, 2.75) is 39.3 Å². The van der Waals surface area contributed by atoms with Crippen LogP contribution in [0.2, 0.25) is 10.0 Å². The molecular formula is C22H22Cl2N6O. The lowest BCUT2D eigenvalue weighted by Crippen LogP contribution is -2.44. The van der Waals surface area contributed by atoms with Crippen LogP contribution in [0.1, 0.15) is 47.1 Å². The molecule has 0 saturated heterocycles. The SMILES string of the molecule is Cc1nccc(Cc2ncc3c(n2)CN(C(=O)N[C@H](C)c2ccc(Cl)c(Cl)c2)CC3)n1. The van der Waals surface area contributed by atoms with E-state index in [1.807, 2.05) is 32.2 Å². The first-order valence-electron chi connectivity index (χ1n) is 10.0. The smallest absolute Gasteiger partial charge is 0.318 e. The fraction of sp³-hybridized carbons (Fsp3) is 0.318. The number of nitrogens with one attached hydrogen (secondary N) is 1. The zero-order valence-electron chi connectivity index (χ0n) is 17.3. The third-order valence-corrected chi connectivity index (χ3v) is 5.98. The minimum absolute atomic E-state index is 0.143. The number of amides is 2. The second-order valence-electron chi connectivity index (χ2n) is 7.55. The largest absolute Gasteiger partial charge is 0.331 e. The van der Waals surface area contributed by atoms with Gasteiger partial charge in [0.05, 0.1) is 40.4 Å². The monoisotopic (exact) mass is 456 g/mol. The number of hydrogen-bond acceptors (Lipinski definition) is 5. The van der Waals surface area contributed by atoms with Crippen molar-refractivity contribution in [3.05, 3.63) is 80.9 Å². The minimum Gasteiger partial charge on any atom is -0.331 e. The summed E-state index contributed by atoms with van der Waals surface area (Å²) >= 11 is 12.1. The molecule has 3 aromatic rings. The van der Waals surface area contributed by atoms with Crippen molar-refractivity contribution in [2.24, 2.45) is 0 Å². The fourth-order valence-electron chi connectivity index (χ4n) is 3.51. The number of aromatic nitrogens is 4. The molecule has 7 nitrogen and oxygen atoms in total. The highest BCUT2D eigenvalue weighted by atomic mass is 35.5. The first-order chi connectivity index (χ1) is 14.9. The molecule has 0 fully saturated rings. The van der Waals surface area contributed by atoms with E-state index in [0.29, 0.717) is 35.4 Å². The molecule has 0 bridgehead atoms. The molecule has 0 radical (unpaired) electrons. The molecule has 1 aliphatic rings. The van der Waals surface area contributed by atoms with Gasteiger partial charge in [-0.1, -0.05) is 29.3 Å². The van der Waals surface area contributed by atoms with Crippen molar-refractivity contribution in [3.63, 3.8) is 0 Å². The summed E-state index contributed by atoms with van der Waals surface area (Å²) in [4.78, 5) is 32.3. The number of urea groups is 1. The lowest BCUT2D eigenvalue weighted by Gasteiger charge is -2.29. The average Bonchev–Trinajstić information content (AvgIpc) is 2.75. The van der Waals surface area contributed by atoms with Crippen LogP contribution in [0, 0.1) is 6.92 Å². The molecule has 1 atom stereocenters. The van der Waals surface area contributed by atoms with Gasteiger partial charge >= 0.3 is 6.03 Å². The van der Waals surface area contributed by atoms with Gasteiger partial charge in [-0.15, -0.1) is 0 Å². The zero-order valence-corrected chi connectivity index (χ0v) is 18.8. The molecule has 2 aromatic heterocycles. The molecule has 4 rings (SSSR count). The van der Waals surface area contributed by atoms with Gasteiger partial charge in [0.25, 0.3) is 0 Å². The standard InChI is InChI=1S/C22H22Cl2N6O/c1-13(15-3-4-18(23)19(24)9-15)27-22(31)30-8-6-16-11-26-21(29-20(16)12-30)10-17-5-7-25-14(2)28-17/h3-5,7,9,11,13H,6,8,10,12H2,1-2H3,(H,27,31)/t13-/m1/s1. The summed E-state index contributed by atoms with van der Waals surface area (Å²) < 4.78 is 0. The maximum atomic E-state index is 12.9. The van der Waals surface area contributed by atoms with Crippen LogP contribution in [0.4, 0.5) is 4.79 Å². The summed E-state index contributed by atoms with van der Waals surface area (Å²) in [6.45, 7) is 4.82. The van der Waals surface area contributed by atoms with E-state index in [-0.39, 0.29) is 12.1 Å². The third-order valence-electron chi connectivity index (χ3n) is 5.24. The molecule has 2 amide bonds. The van der Waals surface area contributed by atoms with Crippen molar-refractivity contribution in [1.29, 1.82) is 0 Å². The predicted octanol–water partition coefficient (Wildman–Crippen LogP) is 4.30. The lowest BCUT2D eigenvalue weighted by atomic mass is 10.1. The number of halogens is 2. The number of fused-ring (bicyclic) bond motifs is 1. The number of rotatable bonds is 4. The van der Waals surface area contributed by atoms with E-state index in [0.717, 1.165) is 34.8 Å². The van der Waals surface area contributed by atoms with Gasteiger partial charge < -0.3 is 10.2 Å². The molecule has 0 saturated carbocycles. The third kappa shape index (κ3) is 5.11. The molecule has 31 heavy (non-hydrogen) atoms. The summed E-state index contributed by atoms with van der Waals surface area (Å²) in [5.74, 6) is 1.40. The van der Waals surface area contributed by atoms with E-state index in [1.54, 1.807) is 23.2 Å². The number of benzene rings is 1. The maximum absolute atomic E-state index is 12.9. The van der Waals surface area contributed by atoms with Crippen molar-refractivity contribution >= 4 is 29.2 Å². The Balaban J connectivity index is 1.43. The zero-order chi connectivity index (χ0) is 22.0. The Morgan fingerprint density at radius 3 is 2.81 bits per heavy atom. The van der Waals surface area contributed by atoms with Crippen LogP contribution in [-0.2, 0) is 19.4 Å². The van der Waals surface area contributed by atoms with Crippen LogP contribution in [-0.4, -0.2) is 37.4 Å². The molecule has 0 aliphatic carbocycles. The van der Waals surface area contributed by atoms with Gasteiger partial charge in [0.2, 0.25) is 0 Å². The normalized spacial score (nSPS) is 14.1. The molecule has 1 aliphatic heterocycles. The van der Waals surface area contributed by atoms with Crippen LogP contribution in [0.25, 0.3) is 0 Å². The van der Waals surface area contributed by atoms with Crippen molar-refractivity contribution in [3.8, 4) is 0 Å². The van der Waals surface area contributed by atoms with Crippen molar-refractivity contribution in [1.82, 2.24) is 30.2 Å². The Kier molecular flexibility index (Phi) is 6.34. The molecule has 160 valence electrons. The van der Waals surface area contributed by atoms with Gasteiger partial charge in [0.1, 0.15) is 11.6 Å². The maximum Gasteiger partial charge on any atom is 0.318 e. The molecule has 0 unspecified atom stereocenters. The Morgan fingerprint density at radius 1 is 1.19 bits per heavy atom. The fourth-order valence-corrected chi connectivity index (χ4v) is 3.82. The first-order valence-corrected chi connectivity index (χ1v) is 10.8. The number of hydrogen-bond donors (Lipinski definition) is 1. The lowest BCUT2D eigenvalue weighted by molar-refractivity contribution is 0.188. The summed E-state index contributed by atoms with van der Waals surface area (Å²) in [5.41, 5.74) is 3.71. The van der Waals surface area contributed by atoms with Gasteiger partial charge in [-0.2, -0.15) is 0 Å². The Morgan fingerprint density at radius 2 is 2.03 bits per heavy atom. The molecule has 0 spiro atoms. The summed E-state index contributed by atoms with van der Waals surface area (Å²) in [7, 11) is 0. The van der Waals surface area contributed by atoms with E-state index in [2.05, 4.69) is 20.3 Å². The molecule has 1 N–H and O–H groups in total. The highest BCUT2D eigenvalue weighted by molar-refractivity contribution is 6.42. The van der Waals surface area contributed by atoms with Gasteiger partial charge in [-0.05, 0) is 49.6 Å². The van der Waals surface area contributed by atoms with Gasteiger partial charge in [0, 0.05) is 18.9 Å². The van der Waals surface area contributed by atoms with E-state index < -0.39 is 0 Å². The van der Waals surface area contributed by atoms with Crippen LogP contribution >= 0.6 is 23.2 Å². The van der Waals surface area contributed by atoms with E-state index >= 15 is 0 Å². The minimum atomic E-state index is -0.203. The summed E-state index contributed by atoms with van der Waals surface area (Å²) in [6.07, 6.45) is 4.84. The average molecular weight is 457 g/mol. The van der Waals surface area contributed by atoms with Crippen LogP contribution < -0.4 is 5.32 Å². The number of aryl methyl sites for hydroxylation is 1. The van der Waals surface area contributed by atoms with Gasteiger partial charge in [0.15, 0.2) is 0 Å².